The summed E-state index contributed by atoms with van der Waals surface area (Å²) in [4.78, 5) is 16.3. The molecule has 3 aliphatic rings. The standard InChI is InChI=1S/C24H37N3O6S/c1-24(2)23(30)27(15-34(24,31)32)10-4-3-9-26-11-7-16(8-12-26)20-13-18-17(21(14-25)33-20)5-6-19(28)22(18)29/h5-6,16,20-21,28-29H,3-4,7-15,25H2,1-2H3/t20-,21-/m1/s1. The highest BCUT2D eigenvalue weighted by Crippen LogP contribution is 2.42. The maximum atomic E-state index is 12.4. The van der Waals surface area contributed by atoms with E-state index in [0.29, 0.717) is 25.4 Å². The molecular formula is C24H37N3O6S. The molecule has 4 N–H and O–H groups in total. The average molecular weight is 496 g/mol. The van der Waals surface area contributed by atoms with Gasteiger partial charge in [0.2, 0.25) is 5.91 Å². The second-order valence-corrected chi connectivity index (χ2v) is 12.8. The summed E-state index contributed by atoms with van der Waals surface area (Å²) in [5, 5.41) is 20.3. The Labute approximate surface area is 201 Å². The number of sulfone groups is 1. The first-order chi connectivity index (χ1) is 16.0. The maximum absolute atomic E-state index is 12.4. The van der Waals surface area contributed by atoms with Gasteiger partial charge in [0.25, 0.3) is 0 Å². The van der Waals surface area contributed by atoms with Gasteiger partial charge in [-0.05, 0) is 76.7 Å². The number of phenols is 2. The van der Waals surface area contributed by atoms with E-state index in [1.165, 1.54) is 24.8 Å². The molecule has 1 aromatic rings. The number of carbonyl (C=O) groups excluding carboxylic acids is 1. The Bertz CT molecular complexity index is 1020. The molecule has 0 spiro atoms. The summed E-state index contributed by atoms with van der Waals surface area (Å²) < 4.78 is 29.3. The Hall–Kier alpha value is -1.88. The summed E-state index contributed by atoms with van der Waals surface area (Å²) in [6.45, 7) is 6.59. The number of hydrogen-bond acceptors (Lipinski definition) is 8. The fraction of sp³-hybridized carbons (Fsp3) is 0.708. The number of nitrogens with zero attached hydrogens (tertiary/aromatic N) is 2. The van der Waals surface area contributed by atoms with Gasteiger partial charge in [-0.3, -0.25) is 4.79 Å². The molecular weight excluding hydrogens is 458 g/mol. The quantitative estimate of drug-likeness (QED) is 0.383. The molecule has 10 heteroatoms. The van der Waals surface area contributed by atoms with Gasteiger partial charge in [-0.2, -0.15) is 0 Å². The van der Waals surface area contributed by atoms with Crippen molar-refractivity contribution in [1.29, 1.82) is 0 Å². The first-order valence-corrected chi connectivity index (χ1v) is 13.8. The van der Waals surface area contributed by atoms with Crippen LogP contribution in [0.5, 0.6) is 11.5 Å². The molecule has 0 aromatic heterocycles. The number of ether oxygens (including phenoxy) is 1. The average Bonchev–Trinajstić information content (AvgIpc) is 2.97. The molecule has 0 bridgehead atoms. The summed E-state index contributed by atoms with van der Waals surface area (Å²) >= 11 is 0. The van der Waals surface area contributed by atoms with Crippen LogP contribution in [0.2, 0.25) is 0 Å². The van der Waals surface area contributed by atoms with Crippen molar-refractivity contribution in [2.75, 3.05) is 38.6 Å². The Balaban J connectivity index is 1.24. The SMILES string of the molecule is CC1(C)C(=O)N(CCCCN2CCC([C@H]3Cc4c(ccc(O)c4O)[C@@H](CN)O3)CC2)CS1(=O)=O. The van der Waals surface area contributed by atoms with E-state index in [0.717, 1.165) is 56.4 Å². The summed E-state index contributed by atoms with van der Waals surface area (Å²) in [6, 6.07) is 3.27. The van der Waals surface area contributed by atoms with E-state index in [1.807, 2.05) is 0 Å². The highest BCUT2D eigenvalue weighted by Gasteiger charge is 2.51. The molecule has 1 aromatic carbocycles. The number of carbonyl (C=O) groups is 1. The number of fused-ring (bicyclic) bond motifs is 1. The van der Waals surface area contributed by atoms with Gasteiger partial charge < -0.3 is 30.5 Å². The van der Waals surface area contributed by atoms with Crippen molar-refractivity contribution in [2.45, 2.75) is 62.9 Å². The smallest absolute Gasteiger partial charge is 0.244 e. The van der Waals surface area contributed by atoms with Gasteiger partial charge in [-0.1, -0.05) is 6.07 Å². The van der Waals surface area contributed by atoms with Gasteiger partial charge in [0.05, 0.1) is 12.2 Å². The zero-order valence-electron chi connectivity index (χ0n) is 20.1. The minimum Gasteiger partial charge on any atom is -0.504 e. The Morgan fingerprint density at radius 1 is 1.15 bits per heavy atom. The minimum absolute atomic E-state index is 0.0395. The van der Waals surface area contributed by atoms with Crippen molar-refractivity contribution in [1.82, 2.24) is 9.80 Å². The summed E-state index contributed by atoms with van der Waals surface area (Å²) in [6.07, 6.45) is 3.90. The van der Waals surface area contributed by atoms with Crippen LogP contribution in [0.25, 0.3) is 0 Å². The van der Waals surface area contributed by atoms with Crippen LogP contribution in [0.4, 0.5) is 0 Å². The summed E-state index contributed by atoms with van der Waals surface area (Å²) in [5.41, 5.74) is 7.54. The fourth-order valence-electron chi connectivity index (χ4n) is 5.44. The van der Waals surface area contributed by atoms with Crippen molar-refractivity contribution in [3.63, 3.8) is 0 Å². The molecule has 3 aliphatic heterocycles. The number of nitrogens with two attached hydrogens (primary N) is 1. The van der Waals surface area contributed by atoms with Crippen LogP contribution in [0.15, 0.2) is 12.1 Å². The molecule has 190 valence electrons. The van der Waals surface area contributed by atoms with Gasteiger partial charge in [0.15, 0.2) is 21.3 Å². The number of unbranched alkanes of at least 4 members (excludes halogenated alkanes) is 1. The third-order valence-corrected chi connectivity index (χ3v) is 10.2. The van der Waals surface area contributed by atoms with Crippen LogP contribution < -0.4 is 5.73 Å². The molecule has 34 heavy (non-hydrogen) atoms. The number of benzene rings is 1. The van der Waals surface area contributed by atoms with E-state index in [4.69, 9.17) is 10.5 Å². The minimum atomic E-state index is -3.41. The lowest BCUT2D eigenvalue weighted by molar-refractivity contribution is -0.130. The molecule has 4 rings (SSSR count). The van der Waals surface area contributed by atoms with E-state index in [-0.39, 0.29) is 35.5 Å². The van der Waals surface area contributed by atoms with Crippen molar-refractivity contribution < 1.29 is 28.2 Å². The molecule has 9 nitrogen and oxygen atoms in total. The molecule has 0 radical (unpaired) electrons. The maximum Gasteiger partial charge on any atom is 0.244 e. The van der Waals surface area contributed by atoms with E-state index < -0.39 is 14.6 Å². The van der Waals surface area contributed by atoms with Gasteiger partial charge in [0, 0.05) is 25.1 Å². The normalized spacial score (nSPS) is 27.1. The summed E-state index contributed by atoms with van der Waals surface area (Å²) in [5.74, 6) is -0.283. The van der Waals surface area contributed by atoms with Crippen molar-refractivity contribution in [3.8, 4) is 11.5 Å². The number of hydrogen-bond donors (Lipinski definition) is 3. The van der Waals surface area contributed by atoms with E-state index >= 15 is 0 Å². The number of piperidine rings is 1. The predicted molar refractivity (Wildman–Crippen MR) is 128 cm³/mol. The molecule has 1 amide bonds. The van der Waals surface area contributed by atoms with Crippen LogP contribution in [-0.2, 0) is 25.8 Å². The molecule has 0 aliphatic carbocycles. The molecule has 3 heterocycles. The highest BCUT2D eigenvalue weighted by atomic mass is 32.2. The van der Waals surface area contributed by atoms with Crippen LogP contribution in [0, 0.1) is 5.92 Å². The monoisotopic (exact) mass is 495 g/mol. The molecule has 2 saturated heterocycles. The van der Waals surface area contributed by atoms with Crippen LogP contribution in [0.1, 0.15) is 56.8 Å². The number of aromatic hydroxyl groups is 2. The highest BCUT2D eigenvalue weighted by molar-refractivity contribution is 7.94. The summed E-state index contributed by atoms with van der Waals surface area (Å²) in [7, 11) is -3.41. The molecule has 0 saturated carbocycles. The lowest BCUT2D eigenvalue weighted by Gasteiger charge is -2.40. The third kappa shape index (κ3) is 4.65. The second kappa shape index (κ2) is 9.64. The van der Waals surface area contributed by atoms with Crippen LogP contribution >= 0.6 is 0 Å². The first-order valence-electron chi connectivity index (χ1n) is 12.2. The van der Waals surface area contributed by atoms with Gasteiger partial charge in [-0.15, -0.1) is 0 Å². The Morgan fingerprint density at radius 2 is 1.82 bits per heavy atom. The molecule has 2 fully saturated rings. The number of rotatable bonds is 7. The number of likely N-dealkylation sites (tertiary alicyclic amines) is 1. The lowest BCUT2D eigenvalue weighted by Crippen LogP contribution is -2.42. The predicted octanol–water partition coefficient (Wildman–Crippen LogP) is 1.52. The second-order valence-electron chi connectivity index (χ2n) is 10.3. The van der Waals surface area contributed by atoms with Crippen LogP contribution in [-0.4, -0.2) is 83.8 Å². The molecule has 0 unspecified atom stereocenters. The van der Waals surface area contributed by atoms with Gasteiger partial charge >= 0.3 is 0 Å². The lowest BCUT2D eigenvalue weighted by atomic mass is 9.83. The van der Waals surface area contributed by atoms with Crippen molar-refractivity contribution in [3.05, 3.63) is 23.3 Å². The fourth-order valence-corrected chi connectivity index (χ4v) is 6.82. The third-order valence-electron chi connectivity index (χ3n) is 7.82. The zero-order valence-corrected chi connectivity index (χ0v) is 20.9. The van der Waals surface area contributed by atoms with E-state index in [9.17, 15) is 23.4 Å². The molecule has 2 atom stereocenters. The number of amides is 1. The largest absolute Gasteiger partial charge is 0.504 e. The van der Waals surface area contributed by atoms with Crippen LogP contribution in [0.3, 0.4) is 0 Å². The van der Waals surface area contributed by atoms with E-state index in [2.05, 4.69) is 4.90 Å². The van der Waals surface area contributed by atoms with Crippen molar-refractivity contribution in [2.24, 2.45) is 11.7 Å². The van der Waals surface area contributed by atoms with Crippen molar-refractivity contribution >= 4 is 15.7 Å². The zero-order chi connectivity index (χ0) is 24.7. The Morgan fingerprint density at radius 3 is 2.44 bits per heavy atom. The number of phenolic OH excluding ortho intramolecular Hbond substituents is 2. The van der Waals surface area contributed by atoms with Gasteiger partial charge in [-0.25, -0.2) is 8.42 Å². The van der Waals surface area contributed by atoms with E-state index in [1.54, 1.807) is 6.07 Å². The Kier molecular flexibility index (Phi) is 7.15. The van der Waals surface area contributed by atoms with Gasteiger partial charge in [0.1, 0.15) is 10.6 Å². The first kappa shape index (κ1) is 25.2. The topological polar surface area (TPSA) is 133 Å².